The first kappa shape index (κ1) is 21.0. The van der Waals surface area contributed by atoms with Crippen molar-refractivity contribution in [3.63, 3.8) is 0 Å². The molecule has 2 aromatic rings. The summed E-state index contributed by atoms with van der Waals surface area (Å²) in [6.07, 6.45) is 3.84. The van der Waals surface area contributed by atoms with Crippen molar-refractivity contribution in [1.29, 1.82) is 0 Å². The van der Waals surface area contributed by atoms with Crippen LogP contribution in [0.5, 0.6) is 11.5 Å². The van der Waals surface area contributed by atoms with Gasteiger partial charge in [0.05, 0.1) is 13.2 Å². The number of methoxy groups -OCH3 is 1. The van der Waals surface area contributed by atoms with Crippen LogP contribution in [0.3, 0.4) is 0 Å². The number of esters is 1. The lowest BCUT2D eigenvalue weighted by atomic mass is 10.1. The quantitative estimate of drug-likeness (QED) is 0.671. The van der Waals surface area contributed by atoms with Crippen molar-refractivity contribution in [2.75, 3.05) is 20.3 Å². The first-order valence-electron chi connectivity index (χ1n) is 8.97. The van der Waals surface area contributed by atoms with Crippen molar-refractivity contribution in [1.82, 2.24) is 5.32 Å². The van der Waals surface area contributed by atoms with Gasteiger partial charge in [0, 0.05) is 0 Å². The molecule has 2 aromatic carbocycles. The molecule has 0 aliphatic carbocycles. The van der Waals surface area contributed by atoms with Gasteiger partial charge < -0.3 is 19.5 Å². The molecule has 6 heteroatoms. The lowest BCUT2D eigenvalue weighted by Gasteiger charge is -2.14. The van der Waals surface area contributed by atoms with E-state index in [0.717, 1.165) is 11.1 Å². The summed E-state index contributed by atoms with van der Waals surface area (Å²) >= 11 is 0. The van der Waals surface area contributed by atoms with Crippen molar-refractivity contribution in [3.05, 3.63) is 65.7 Å². The van der Waals surface area contributed by atoms with Crippen molar-refractivity contribution >= 4 is 18.0 Å². The molecule has 1 amide bonds. The van der Waals surface area contributed by atoms with Crippen LogP contribution in [-0.4, -0.2) is 32.2 Å². The molecule has 1 N–H and O–H groups in total. The molecule has 0 bridgehead atoms. The maximum Gasteiger partial charge on any atom is 0.344 e. The van der Waals surface area contributed by atoms with Gasteiger partial charge in [0.25, 0.3) is 5.91 Å². The minimum atomic E-state index is -0.637. The molecule has 0 saturated heterocycles. The van der Waals surface area contributed by atoms with Gasteiger partial charge in [-0.3, -0.25) is 4.79 Å². The highest BCUT2D eigenvalue weighted by Gasteiger charge is 2.13. The Kier molecular flexibility index (Phi) is 8.09. The molecular weight excluding hydrogens is 358 g/mol. The van der Waals surface area contributed by atoms with Crippen LogP contribution >= 0.6 is 0 Å². The van der Waals surface area contributed by atoms with Gasteiger partial charge in [-0.05, 0) is 37.1 Å². The van der Waals surface area contributed by atoms with Gasteiger partial charge in [0.1, 0.15) is 0 Å². The Morgan fingerprint density at radius 1 is 1.07 bits per heavy atom. The highest BCUT2D eigenvalue weighted by molar-refractivity contribution is 5.81. The van der Waals surface area contributed by atoms with E-state index in [2.05, 4.69) is 5.32 Å². The smallest absolute Gasteiger partial charge is 0.344 e. The van der Waals surface area contributed by atoms with Gasteiger partial charge in [-0.15, -0.1) is 0 Å². The molecule has 0 saturated carbocycles. The Bertz CT molecular complexity index is 817. The minimum Gasteiger partial charge on any atom is -0.493 e. The molecule has 0 fully saturated rings. The highest BCUT2D eigenvalue weighted by atomic mass is 16.6. The minimum absolute atomic E-state index is 0.177. The monoisotopic (exact) mass is 383 g/mol. The number of carbonyl (C=O) groups is 2. The van der Waals surface area contributed by atoms with E-state index in [-0.39, 0.29) is 25.2 Å². The third-order valence-electron chi connectivity index (χ3n) is 3.93. The summed E-state index contributed by atoms with van der Waals surface area (Å²) in [4.78, 5) is 23.8. The number of rotatable bonds is 9. The number of amides is 1. The van der Waals surface area contributed by atoms with E-state index in [4.69, 9.17) is 14.2 Å². The second-order valence-corrected chi connectivity index (χ2v) is 6.06. The second-order valence-electron chi connectivity index (χ2n) is 6.06. The number of ether oxygens (including phenoxy) is 3. The fourth-order valence-corrected chi connectivity index (χ4v) is 2.53. The zero-order valence-electron chi connectivity index (χ0n) is 16.3. The maximum atomic E-state index is 11.9. The largest absolute Gasteiger partial charge is 0.493 e. The summed E-state index contributed by atoms with van der Waals surface area (Å²) in [5, 5.41) is 2.78. The predicted octanol–water partition coefficient (Wildman–Crippen LogP) is 3.53. The fourth-order valence-electron chi connectivity index (χ4n) is 2.53. The molecule has 0 spiro atoms. The van der Waals surface area contributed by atoms with E-state index in [1.807, 2.05) is 62.4 Å². The summed E-state index contributed by atoms with van der Waals surface area (Å²) in [7, 11) is 1.53. The van der Waals surface area contributed by atoms with Crippen LogP contribution in [0.15, 0.2) is 54.6 Å². The molecule has 6 nitrogen and oxygen atoms in total. The van der Waals surface area contributed by atoms with Crippen molar-refractivity contribution < 1.29 is 23.8 Å². The first-order chi connectivity index (χ1) is 13.5. The van der Waals surface area contributed by atoms with Crippen molar-refractivity contribution in [2.24, 2.45) is 0 Å². The Hall–Kier alpha value is -3.28. The van der Waals surface area contributed by atoms with Gasteiger partial charge in [-0.2, -0.15) is 0 Å². The van der Waals surface area contributed by atoms with Gasteiger partial charge in [-0.1, -0.05) is 48.6 Å². The molecule has 0 heterocycles. The Labute approximate surface area is 165 Å². The number of benzene rings is 2. The fraction of sp³-hybridized carbons (Fsp3) is 0.273. The SMILES string of the molecule is C/C=C/c1ccc(OCC(=O)OCC(=O)N[C@@H](C)c2ccccc2)c(OC)c1. The van der Waals surface area contributed by atoms with Crippen LogP contribution in [0.4, 0.5) is 0 Å². The zero-order chi connectivity index (χ0) is 20.4. The van der Waals surface area contributed by atoms with Gasteiger partial charge in [0.2, 0.25) is 0 Å². The van der Waals surface area contributed by atoms with E-state index >= 15 is 0 Å². The van der Waals surface area contributed by atoms with Gasteiger partial charge in [-0.25, -0.2) is 4.79 Å². The van der Waals surface area contributed by atoms with E-state index in [1.165, 1.54) is 7.11 Å². The molecule has 28 heavy (non-hydrogen) atoms. The lowest BCUT2D eigenvalue weighted by Crippen LogP contribution is -2.31. The van der Waals surface area contributed by atoms with Crippen LogP contribution in [0.25, 0.3) is 6.08 Å². The third kappa shape index (κ3) is 6.46. The van der Waals surface area contributed by atoms with Crippen LogP contribution in [0, 0.1) is 0 Å². The summed E-state index contributed by atoms with van der Waals surface area (Å²) in [6, 6.07) is 14.7. The average Bonchev–Trinajstić information content (AvgIpc) is 2.72. The van der Waals surface area contributed by atoms with Crippen molar-refractivity contribution in [3.8, 4) is 11.5 Å². The lowest BCUT2D eigenvalue weighted by molar-refractivity contribution is -0.150. The van der Waals surface area contributed by atoms with Crippen LogP contribution < -0.4 is 14.8 Å². The molecular formula is C22H25NO5. The summed E-state index contributed by atoms with van der Waals surface area (Å²) < 4.78 is 15.7. The number of carbonyl (C=O) groups excluding carboxylic acids is 2. The maximum absolute atomic E-state index is 11.9. The van der Waals surface area contributed by atoms with Gasteiger partial charge in [0.15, 0.2) is 24.7 Å². The Balaban J connectivity index is 1.79. The summed E-state index contributed by atoms with van der Waals surface area (Å²) in [5.41, 5.74) is 1.93. The summed E-state index contributed by atoms with van der Waals surface area (Å²) in [5.74, 6) is -0.0761. The molecule has 0 radical (unpaired) electrons. The summed E-state index contributed by atoms with van der Waals surface area (Å²) in [6.45, 7) is 3.10. The second kappa shape index (κ2) is 10.8. The van der Waals surface area contributed by atoms with Gasteiger partial charge >= 0.3 is 5.97 Å². The van der Waals surface area contributed by atoms with E-state index < -0.39 is 5.97 Å². The molecule has 0 aliphatic heterocycles. The zero-order valence-corrected chi connectivity index (χ0v) is 16.3. The van der Waals surface area contributed by atoms with E-state index in [1.54, 1.807) is 12.1 Å². The molecule has 1 atom stereocenters. The first-order valence-corrected chi connectivity index (χ1v) is 8.97. The molecule has 0 unspecified atom stereocenters. The Morgan fingerprint density at radius 3 is 2.50 bits per heavy atom. The highest BCUT2D eigenvalue weighted by Crippen LogP contribution is 2.28. The van der Waals surface area contributed by atoms with E-state index in [9.17, 15) is 9.59 Å². The topological polar surface area (TPSA) is 73.9 Å². The normalized spacial score (nSPS) is 11.7. The molecule has 2 rings (SSSR count). The molecule has 0 aromatic heterocycles. The van der Waals surface area contributed by atoms with Crippen molar-refractivity contribution in [2.45, 2.75) is 19.9 Å². The molecule has 148 valence electrons. The van der Waals surface area contributed by atoms with Crippen LogP contribution in [-0.2, 0) is 14.3 Å². The standard InChI is InChI=1S/C22H25NO5/c1-4-8-17-11-12-19(20(13-17)26-3)27-15-22(25)28-14-21(24)23-16(2)18-9-6-5-7-10-18/h4-13,16H,14-15H2,1-3H3,(H,23,24)/b8-4+/t16-/m0/s1. The predicted molar refractivity (Wildman–Crippen MR) is 107 cm³/mol. The van der Waals surface area contributed by atoms with Crippen LogP contribution in [0.1, 0.15) is 31.0 Å². The number of nitrogens with one attached hydrogen (secondary N) is 1. The van der Waals surface area contributed by atoms with Crippen LogP contribution in [0.2, 0.25) is 0 Å². The number of hydrogen-bond acceptors (Lipinski definition) is 5. The number of hydrogen-bond donors (Lipinski definition) is 1. The average molecular weight is 383 g/mol. The van der Waals surface area contributed by atoms with E-state index in [0.29, 0.717) is 11.5 Å². The molecule has 0 aliphatic rings. The number of allylic oxidation sites excluding steroid dienone is 1. The Morgan fingerprint density at radius 2 is 1.82 bits per heavy atom. The third-order valence-corrected chi connectivity index (χ3v) is 3.93.